The second-order valence-corrected chi connectivity index (χ2v) is 4.55. The van der Waals surface area contributed by atoms with Crippen LogP contribution in [0.2, 0.25) is 0 Å². The third kappa shape index (κ3) is 2.95. The van der Waals surface area contributed by atoms with E-state index in [0.717, 1.165) is 9.26 Å². The third-order valence-corrected chi connectivity index (χ3v) is 3.11. The minimum Gasteiger partial charge on any atom is -0.464 e. The van der Waals surface area contributed by atoms with Crippen LogP contribution in [0.3, 0.4) is 0 Å². The van der Waals surface area contributed by atoms with Crippen molar-refractivity contribution in [3.8, 4) is 0 Å². The van der Waals surface area contributed by atoms with E-state index in [1.54, 1.807) is 6.20 Å². The Morgan fingerprint density at radius 2 is 2.11 bits per heavy atom. The molecule has 0 unspecified atom stereocenters. The summed E-state index contributed by atoms with van der Waals surface area (Å²) >= 11 is 2.21. The molecule has 0 amide bonds. The Bertz CT molecular complexity index is 575. The second kappa shape index (κ2) is 5.76. The Kier molecular flexibility index (Phi) is 4.08. The van der Waals surface area contributed by atoms with Gasteiger partial charge < -0.3 is 10.1 Å². The van der Waals surface area contributed by atoms with Crippen molar-refractivity contribution in [1.29, 1.82) is 0 Å². The fourth-order valence-electron chi connectivity index (χ4n) is 1.33. The van der Waals surface area contributed by atoms with E-state index in [4.69, 9.17) is 0 Å². The predicted octanol–water partition coefficient (Wildman–Crippen LogP) is 2.61. The molecule has 0 radical (unpaired) electrons. The Balaban J connectivity index is 2.25. The lowest BCUT2D eigenvalue weighted by atomic mass is 10.3. The first-order valence-electron chi connectivity index (χ1n) is 5.12. The number of carbonyl (C=O) groups is 1. The molecule has 0 aliphatic heterocycles. The van der Waals surface area contributed by atoms with Crippen molar-refractivity contribution in [3.05, 3.63) is 45.9 Å². The van der Waals surface area contributed by atoms with Gasteiger partial charge in [-0.15, -0.1) is 0 Å². The Morgan fingerprint density at radius 1 is 1.33 bits per heavy atom. The van der Waals surface area contributed by atoms with Crippen molar-refractivity contribution >= 4 is 40.1 Å². The van der Waals surface area contributed by atoms with Crippen LogP contribution in [-0.4, -0.2) is 23.0 Å². The van der Waals surface area contributed by atoms with Gasteiger partial charge in [0.15, 0.2) is 5.69 Å². The monoisotopic (exact) mass is 355 g/mol. The molecule has 1 N–H and O–H groups in total. The van der Waals surface area contributed by atoms with Gasteiger partial charge in [-0.05, 0) is 34.7 Å². The highest BCUT2D eigenvalue weighted by Crippen LogP contribution is 2.20. The lowest BCUT2D eigenvalue weighted by molar-refractivity contribution is 0.0593. The highest BCUT2D eigenvalue weighted by atomic mass is 127. The maximum Gasteiger partial charge on any atom is 0.358 e. The summed E-state index contributed by atoms with van der Waals surface area (Å²) in [6.45, 7) is 0. The van der Waals surface area contributed by atoms with Gasteiger partial charge in [0, 0.05) is 3.57 Å². The number of halogens is 1. The van der Waals surface area contributed by atoms with Crippen LogP contribution in [0, 0.1) is 3.57 Å². The number of esters is 1. The van der Waals surface area contributed by atoms with Crippen LogP contribution >= 0.6 is 22.6 Å². The first-order chi connectivity index (χ1) is 8.70. The molecule has 1 heterocycles. The average Bonchev–Trinajstić information content (AvgIpc) is 2.41. The van der Waals surface area contributed by atoms with Crippen LogP contribution in [-0.2, 0) is 4.74 Å². The van der Waals surface area contributed by atoms with Gasteiger partial charge in [-0.3, -0.25) is 4.98 Å². The fraction of sp³-hybridized carbons (Fsp3) is 0.0833. The summed E-state index contributed by atoms with van der Waals surface area (Å²) < 4.78 is 5.65. The van der Waals surface area contributed by atoms with E-state index >= 15 is 0 Å². The number of carbonyl (C=O) groups excluding carboxylic acids is 1. The molecular formula is C12H10IN3O2. The maximum atomic E-state index is 11.3. The average molecular weight is 355 g/mol. The minimum absolute atomic E-state index is 0.174. The van der Waals surface area contributed by atoms with Crippen molar-refractivity contribution in [2.75, 3.05) is 12.4 Å². The molecule has 6 heteroatoms. The van der Waals surface area contributed by atoms with E-state index in [1.165, 1.54) is 13.3 Å². The summed E-state index contributed by atoms with van der Waals surface area (Å²) in [6, 6.07) is 7.76. The molecule has 0 saturated carbocycles. The standard InChI is InChI=1S/C12H10IN3O2/c1-18-12(17)10-6-14-7-11(16-10)15-9-5-3-2-4-8(9)13/h2-7H,1H3,(H,15,16). The van der Waals surface area contributed by atoms with E-state index in [1.807, 2.05) is 24.3 Å². The molecule has 92 valence electrons. The lowest BCUT2D eigenvalue weighted by Gasteiger charge is -2.07. The number of ether oxygens (including phenoxy) is 1. The van der Waals surface area contributed by atoms with E-state index < -0.39 is 5.97 Å². The number of hydrogen-bond donors (Lipinski definition) is 1. The van der Waals surface area contributed by atoms with E-state index in [-0.39, 0.29) is 5.69 Å². The van der Waals surface area contributed by atoms with E-state index in [2.05, 4.69) is 42.6 Å². The number of benzene rings is 1. The molecule has 1 aromatic heterocycles. The number of nitrogens with zero attached hydrogens (tertiary/aromatic N) is 2. The summed E-state index contributed by atoms with van der Waals surface area (Å²) in [7, 11) is 1.31. The highest BCUT2D eigenvalue weighted by Gasteiger charge is 2.09. The molecule has 0 fully saturated rings. The first-order valence-corrected chi connectivity index (χ1v) is 6.20. The van der Waals surface area contributed by atoms with Crippen molar-refractivity contribution in [2.45, 2.75) is 0 Å². The molecule has 0 aliphatic rings. The van der Waals surface area contributed by atoms with Gasteiger partial charge in [0.2, 0.25) is 0 Å². The largest absolute Gasteiger partial charge is 0.464 e. The smallest absolute Gasteiger partial charge is 0.358 e. The molecule has 2 rings (SSSR count). The van der Waals surface area contributed by atoms with Gasteiger partial charge in [0.05, 0.1) is 25.2 Å². The maximum absolute atomic E-state index is 11.3. The molecular weight excluding hydrogens is 345 g/mol. The number of aromatic nitrogens is 2. The van der Waals surface area contributed by atoms with Crippen LogP contribution < -0.4 is 5.32 Å². The summed E-state index contributed by atoms with van der Waals surface area (Å²) in [5, 5.41) is 3.10. The van der Waals surface area contributed by atoms with Gasteiger partial charge in [-0.1, -0.05) is 12.1 Å². The van der Waals surface area contributed by atoms with Gasteiger partial charge >= 0.3 is 5.97 Å². The highest BCUT2D eigenvalue weighted by molar-refractivity contribution is 14.1. The van der Waals surface area contributed by atoms with Gasteiger partial charge in [0.1, 0.15) is 5.82 Å². The van der Waals surface area contributed by atoms with Gasteiger partial charge in [-0.2, -0.15) is 0 Å². The zero-order chi connectivity index (χ0) is 13.0. The van der Waals surface area contributed by atoms with Crippen molar-refractivity contribution in [3.63, 3.8) is 0 Å². The number of anilines is 2. The second-order valence-electron chi connectivity index (χ2n) is 3.39. The number of hydrogen-bond acceptors (Lipinski definition) is 5. The Morgan fingerprint density at radius 3 is 2.83 bits per heavy atom. The predicted molar refractivity (Wildman–Crippen MR) is 75.8 cm³/mol. The van der Waals surface area contributed by atoms with E-state index in [9.17, 15) is 4.79 Å². The zero-order valence-corrected chi connectivity index (χ0v) is 11.7. The topological polar surface area (TPSA) is 64.1 Å². The molecule has 0 bridgehead atoms. The minimum atomic E-state index is -0.506. The van der Waals surface area contributed by atoms with Gasteiger partial charge in [-0.25, -0.2) is 9.78 Å². The van der Waals surface area contributed by atoms with Crippen molar-refractivity contribution < 1.29 is 9.53 Å². The van der Waals surface area contributed by atoms with Gasteiger partial charge in [0.25, 0.3) is 0 Å². The lowest BCUT2D eigenvalue weighted by Crippen LogP contribution is -2.07. The van der Waals surface area contributed by atoms with Crippen LogP contribution in [0.4, 0.5) is 11.5 Å². The van der Waals surface area contributed by atoms with Crippen molar-refractivity contribution in [1.82, 2.24) is 9.97 Å². The third-order valence-electron chi connectivity index (χ3n) is 2.17. The fourth-order valence-corrected chi connectivity index (χ4v) is 1.85. The zero-order valence-electron chi connectivity index (χ0n) is 9.55. The van der Waals surface area contributed by atoms with Crippen LogP contribution in [0.15, 0.2) is 36.7 Å². The summed E-state index contributed by atoms with van der Waals surface area (Å²) in [5.74, 6) is -0.00377. The molecule has 18 heavy (non-hydrogen) atoms. The van der Waals surface area contributed by atoms with E-state index in [0.29, 0.717) is 5.82 Å². The number of nitrogens with one attached hydrogen (secondary N) is 1. The first kappa shape index (κ1) is 12.7. The molecule has 1 aromatic carbocycles. The van der Waals surface area contributed by atoms with Crippen LogP contribution in [0.1, 0.15) is 10.5 Å². The summed E-state index contributed by atoms with van der Waals surface area (Å²) in [6.07, 6.45) is 2.92. The Labute approximate surface area is 118 Å². The molecule has 2 aromatic rings. The number of para-hydroxylation sites is 1. The quantitative estimate of drug-likeness (QED) is 0.677. The van der Waals surface area contributed by atoms with Crippen molar-refractivity contribution in [2.24, 2.45) is 0 Å². The number of rotatable bonds is 3. The molecule has 0 aliphatic carbocycles. The van der Waals surface area contributed by atoms with Crippen LogP contribution in [0.25, 0.3) is 0 Å². The summed E-state index contributed by atoms with van der Waals surface area (Å²) in [5.41, 5.74) is 1.09. The SMILES string of the molecule is COC(=O)c1cncc(Nc2ccccc2I)n1. The molecule has 0 atom stereocenters. The molecule has 0 saturated heterocycles. The number of methoxy groups -OCH3 is 1. The Hall–Kier alpha value is -1.70. The molecule has 5 nitrogen and oxygen atoms in total. The summed E-state index contributed by atoms with van der Waals surface area (Å²) in [4.78, 5) is 19.4. The molecule has 0 spiro atoms. The van der Waals surface area contributed by atoms with Crippen LogP contribution in [0.5, 0.6) is 0 Å². The normalized spacial score (nSPS) is 9.89.